The molecule has 0 spiro atoms. The van der Waals surface area contributed by atoms with Crippen molar-refractivity contribution >= 4 is 5.91 Å². The Morgan fingerprint density at radius 2 is 1.96 bits per heavy atom. The standard InChI is InChI=1S/C20H19N5O/c1-16-14-19(23-25(16)18-9-3-2-4-10-18)20(26)24(13-7-11-21)15-17-8-5-6-12-22-17/h2-6,8-10,12,14H,7,13,15H2,1H3. The van der Waals surface area contributed by atoms with E-state index in [0.29, 0.717) is 18.8 Å². The van der Waals surface area contributed by atoms with E-state index < -0.39 is 0 Å². The van der Waals surface area contributed by atoms with Crippen LogP contribution in [0.3, 0.4) is 0 Å². The van der Waals surface area contributed by atoms with Crippen molar-refractivity contribution in [1.82, 2.24) is 19.7 Å². The number of hydrogen-bond acceptors (Lipinski definition) is 4. The van der Waals surface area contributed by atoms with Crippen LogP contribution in [0, 0.1) is 18.3 Å². The van der Waals surface area contributed by atoms with Crippen molar-refractivity contribution in [3.05, 3.63) is 77.9 Å². The van der Waals surface area contributed by atoms with Crippen molar-refractivity contribution < 1.29 is 4.79 Å². The van der Waals surface area contributed by atoms with Gasteiger partial charge in [-0.15, -0.1) is 0 Å². The molecule has 0 aliphatic heterocycles. The largest absolute Gasteiger partial charge is 0.330 e. The van der Waals surface area contributed by atoms with E-state index in [-0.39, 0.29) is 12.3 Å². The van der Waals surface area contributed by atoms with E-state index in [4.69, 9.17) is 5.26 Å². The maximum atomic E-state index is 13.0. The van der Waals surface area contributed by atoms with Crippen molar-refractivity contribution in [2.45, 2.75) is 19.9 Å². The maximum Gasteiger partial charge on any atom is 0.274 e. The first-order valence-corrected chi connectivity index (χ1v) is 8.37. The maximum absolute atomic E-state index is 13.0. The van der Waals surface area contributed by atoms with Gasteiger partial charge < -0.3 is 4.90 Å². The van der Waals surface area contributed by atoms with Gasteiger partial charge in [0.2, 0.25) is 0 Å². The third-order valence-corrected chi connectivity index (χ3v) is 3.97. The van der Waals surface area contributed by atoms with Crippen LogP contribution in [-0.4, -0.2) is 32.1 Å². The summed E-state index contributed by atoms with van der Waals surface area (Å²) < 4.78 is 1.75. The molecule has 2 aromatic heterocycles. The fourth-order valence-corrected chi connectivity index (χ4v) is 2.70. The minimum absolute atomic E-state index is 0.205. The molecule has 0 atom stereocenters. The quantitative estimate of drug-likeness (QED) is 0.688. The molecule has 2 heterocycles. The Labute approximate surface area is 152 Å². The van der Waals surface area contributed by atoms with Gasteiger partial charge in [-0.1, -0.05) is 24.3 Å². The number of amides is 1. The Balaban J connectivity index is 1.86. The molecule has 3 rings (SSSR count). The zero-order chi connectivity index (χ0) is 18.4. The zero-order valence-corrected chi connectivity index (χ0v) is 14.5. The summed E-state index contributed by atoms with van der Waals surface area (Å²) in [6.45, 7) is 2.59. The van der Waals surface area contributed by atoms with Crippen LogP contribution in [0.5, 0.6) is 0 Å². The van der Waals surface area contributed by atoms with Gasteiger partial charge in [-0.3, -0.25) is 9.78 Å². The summed E-state index contributed by atoms with van der Waals surface area (Å²) in [5.41, 5.74) is 2.91. The molecule has 0 aliphatic rings. The minimum Gasteiger partial charge on any atom is -0.330 e. The molecular weight excluding hydrogens is 326 g/mol. The van der Waals surface area contributed by atoms with Gasteiger partial charge in [0.15, 0.2) is 5.69 Å². The highest BCUT2D eigenvalue weighted by Gasteiger charge is 2.20. The smallest absolute Gasteiger partial charge is 0.274 e. The summed E-state index contributed by atoms with van der Waals surface area (Å²) in [7, 11) is 0. The molecule has 0 fully saturated rings. The lowest BCUT2D eigenvalue weighted by Crippen LogP contribution is -2.32. The normalized spacial score (nSPS) is 10.3. The molecule has 6 nitrogen and oxygen atoms in total. The Kier molecular flexibility index (Phi) is 5.40. The molecule has 1 aromatic carbocycles. The third-order valence-electron chi connectivity index (χ3n) is 3.97. The predicted octanol–water partition coefficient (Wildman–Crippen LogP) is 3.13. The molecule has 1 amide bonds. The summed E-state index contributed by atoms with van der Waals surface area (Å²) in [6, 6.07) is 19.1. The van der Waals surface area contributed by atoms with E-state index in [1.54, 1.807) is 21.8 Å². The Hall–Kier alpha value is -3.46. The zero-order valence-electron chi connectivity index (χ0n) is 14.5. The van der Waals surface area contributed by atoms with Gasteiger partial charge in [0, 0.05) is 18.4 Å². The highest BCUT2D eigenvalue weighted by Crippen LogP contribution is 2.14. The highest BCUT2D eigenvalue weighted by atomic mass is 16.2. The molecule has 0 radical (unpaired) electrons. The molecule has 3 aromatic rings. The number of carbonyl (C=O) groups excluding carboxylic acids is 1. The van der Waals surface area contributed by atoms with Gasteiger partial charge in [0.25, 0.3) is 5.91 Å². The number of nitriles is 1. The second kappa shape index (κ2) is 8.08. The van der Waals surface area contributed by atoms with E-state index in [2.05, 4.69) is 16.2 Å². The van der Waals surface area contributed by atoms with E-state index in [1.807, 2.05) is 55.5 Å². The summed E-state index contributed by atoms with van der Waals surface area (Å²) >= 11 is 0. The molecule has 130 valence electrons. The lowest BCUT2D eigenvalue weighted by molar-refractivity contribution is 0.0738. The molecule has 0 saturated heterocycles. The molecule has 0 unspecified atom stereocenters. The average molecular weight is 345 g/mol. The third kappa shape index (κ3) is 3.95. The number of rotatable bonds is 6. The van der Waals surface area contributed by atoms with Gasteiger partial charge >= 0.3 is 0 Å². The molecule has 0 N–H and O–H groups in total. The molecule has 0 aliphatic carbocycles. The number of aromatic nitrogens is 3. The van der Waals surface area contributed by atoms with Crippen LogP contribution in [0.25, 0.3) is 5.69 Å². The Bertz CT molecular complexity index is 912. The second-order valence-electron chi connectivity index (χ2n) is 5.87. The van der Waals surface area contributed by atoms with Gasteiger partial charge in [-0.05, 0) is 37.3 Å². The monoisotopic (exact) mass is 345 g/mol. The second-order valence-corrected chi connectivity index (χ2v) is 5.87. The number of aryl methyl sites for hydroxylation is 1. The fraction of sp³-hybridized carbons (Fsp3) is 0.200. The first kappa shape index (κ1) is 17.4. The van der Waals surface area contributed by atoms with Crippen molar-refractivity contribution in [2.24, 2.45) is 0 Å². The van der Waals surface area contributed by atoms with E-state index in [9.17, 15) is 4.79 Å². The van der Waals surface area contributed by atoms with Crippen LogP contribution >= 0.6 is 0 Å². The number of benzene rings is 1. The number of para-hydroxylation sites is 1. The van der Waals surface area contributed by atoms with E-state index in [0.717, 1.165) is 17.1 Å². The van der Waals surface area contributed by atoms with E-state index in [1.165, 1.54) is 0 Å². The topological polar surface area (TPSA) is 74.8 Å². The minimum atomic E-state index is -0.205. The van der Waals surface area contributed by atoms with E-state index >= 15 is 0 Å². The van der Waals surface area contributed by atoms with Crippen molar-refractivity contribution in [1.29, 1.82) is 5.26 Å². The first-order chi connectivity index (χ1) is 12.7. The van der Waals surface area contributed by atoms with Crippen LogP contribution in [0.4, 0.5) is 0 Å². The van der Waals surface area contributed by atoms with Crippen LogP contribution in [0.1, 0.15) is 28.3 Å². The fourth-order valence-electron chi connectivity index (χ4n) is 2.70. The summed E-state index contributed by atoms with van der Waals surface area (Å²) in [6.07, 6.45) is 1.95. The average Bonchev–Trinajstić information content (AvgIpc) is 3.08. The summed E-state index contributed by atoms with van der Waals surface area (Å²) in [4.78, 5) is 18.8. The Morgan fingerprint density at radius 1 is 1.19 bits per heavy atom. The van der Waals surface area contributed by atoms with Crippen LogP contribution in [-0.2, 0) is 6.54 Å². The summed E-state index contributed by atoms with van der Waals surface area (Å²) in [5, 5.41) is 13.4. The van der Waals surface area contributed by atoms with Gasteiger partial charge in [-0.2, -0.15) is 10.4 Å². The molecule has 6 heteroatoms. The SMILES string of the molecule is Cc1cc(C(=O)N(CCC#N)Cc2ccccn2)nn1-c1ccccc1. The molecule has 26 heavy (non-hydrogen) atoms. The van der Waals surface area contributed by atoms with Crippen molar-refractivity contribution in [2.75, 3.05) is 6.54 Å². The predicted molar refractivity (Wildman–Crippen MR) is 97.5 cm³/mol. The molecule has 0 saturated carbocycles. The van der Waals surface area contributed by atoms with Gasteiger partial charge in [0.1, 0.15) is 0 Å². The lowest BCUT2D eigenvalue weighted by atomic mass is 10.2. The van der Waals surface area contributed by atoms with Gasteiger partial charge in [0.05, 0.1) is 30.4 Å². The molecule has 0 bridgehead atoms. The molecular formula is C20H19N5O. The first-order valence-electron chi connectivity index (χ1n) is 8.37. The number of hydrogen-bond donors (Lipinski definition) is 0. The number of pyridine rings is 1. The van der Waals surface area contributed by atoms with Crippen LogP contribution < -0.4 is 0 Å². The number of nitrogens with zero attached hydrogens (tertiary/aromatic N) is 5. The van der Waals surface area contributed by atoms with Crippen LogP contribution in [0.2, 0.25) is 0 Å². The van der Waals surface area contributed by atoms with Crippen molar-refractivity contribution in [3.63, 3.8) is 0 Å². The summed E-state index contributed by atoms with van der Waals surface area (Å²) in [5.74, 6) is -0.205. The number of carbonyl (C=O) groups is 1. The van der Waals surface area contributed by atoms with Gasteiger partial charge in [-0.25, -0.2) is 4.68 Å². The highest BCUT2D eigenvalue weighted by molar-refractivity contribution is 5.92. The Morgan fingerprint density at radius 3 is 2.65 bits per heavy atom. The van der Waals surface area contributed by atoms with Crippen LogP contribution in [0.15, 0.2) is 60.8 Å². The lowest BCUT2D eigenvalue weighted by Gasteiger charge is -2.20. The van der Waals surface area contributed by atoms with Crippen molar-refractivity contribution in [3.8, 4) is 11.8 Å².